The van der Waals surface area contributed by atoms with E-state index in [9.17, 15) is 9.59 Å². The van der Waals surface area contributed by atoms with E-state index in [1.165, 1.54) is 6.26 Å². The van der Waals surface area contributed by atoms with Crippen LogP contribution in [0.25, 0.3) is 0 Å². The third-order valence-corrected chi connectivity index (χ3v) is 3.10. The summed E-state index contributed by atoms with van der Waals surface area (Å²) >= 11 is 0. The lowest BCUT2D eigenvalue weighted by Gasteiger charge is -2.33. The van der Waals surface area contributed by atoms with E-state index in [1.54, 1.807) is 21.9 Å². The molecule has 2 amide bonds. The van der Waals surface area contributed by atoms with Gasteiger partial charge in [0.05, 0.1) is 12.9 Å². The molecule has 0 N–H and O–H groups in total. The summed E-state index contributed by atoms with van der Waals surface area (Å²) in [7, 11) is 0. The van der Waals surface area contributed by atoms with Crippen LogP contribution < -0.4 is 0 Å². The van der Waals surface area contributed by atoms with Crippen molar-refractivity contribution in [3.05, 3.63) is 24.2 Å². The maximum atomic E-state index is 12.0. The average molecular weight is 280 g/mol. The molecule has 2 heterocycles. The van der Waals surface area contributed by atoms with Crippen molar-refractivity contribution in [2.75, 3.05) is 32.8 Å². The highest BCUT2D eigenvalue weighted by Crippen LogP contribution is 2.10. The highest BCUT2D eigenvalue weighted by Gasteiger charge is 2.26. The van der Waals surface area contributed by atoms with Crippen molar-refractivity contribution in [2.45, 2.75) is 13.8 Å². The van der Waals surface area contributed by atoms with E-state index in [-0.39, 0.29) is 12.0 Å². The predicted octanol–water partition coefficient (Wildman–Crippen LogP) is 1.83. The number of carbonyl (C=O) groups excluding carboxylic acids is 2. The summed E-state index contributed by atoms with van der Waals surface area (Å²) in [5, 5.41) is 0. The van der Waals surface area contributed by atoms with Crippen LogP contribution in [0.15, 0.2) is 22.8 Å². The van der Waals surface area contributed by atoms with Gasteiger partial charge in [0.2, 0.25) is 0 Å². The summed E-state index contributed by atoms with van der Waals surface area (Å²) in [6.07, 6.45) is 1.18. The van der Waals surface area contributed by atoms with Gasteiger partial charge in [-0.2, -0.15) is 0 Å². The first-order chi connectivity index (χ1) is 9.58. The molecule has 1 aliphatic heterocycles. The maximum Gasteiger partial charge on any atom is 0.409 e. The number of hydrogen-bond donors (Lipinski definition) is 0. The highest BCUT2D eigenvalue weighted by molar-refractivity contribution is 5.91. The quantitative estimate of drug-likeness (QED) is 0.847. The lowest BCUT2D eigenvalue weighted by Crippen LogP contribution is -2.50. The van der Waals surface area contributed by atoms with Gasteiger partial charge < -0.3 is 19.0 Å². The molecule has 0 radical (unpaired) electrons. The predicted molar refractivity (Wildman–Crippen MR) is 72.4 cm³/mol. The lowest BCUT2D eigenvalue weighted by atomic mass is 10.2. The van der Waals surface area contributed by atoms with Gasteiger partial charge >= 0.3 is 6.09 Å². The number of amides is 2. The van der Waals surface area contributed by atoms with Crippen LogP contribution in [0.4, 0.5) is 4.79 Å². The van der Waals surface area contributed by atoms with Crippen molar-refractivity contribution < 1.29 is 18.7 Å². The minimum Gasteiger partial charge on any atom is -0.459 e. The van der Waals surface area contributed by atoms with Gasteiger partial charge in [-0.15, -0.1) is 0 Å². The van der Waals surface area contributed by atoms with Crippen LogP contribution in [0.2, 0.25) is 0 Å². The molecule has 2 rings (SSSR count). The van der Waals surface area contributed by atoms with Gasteiger partial charge in [0.1, 0.15) is 0 Å². The summed E-state index contributed by atoms with van der Waals surface area (Å²) in [5.41, 5.74) is 0. The van der Waals surface area contributed by atoms with E-state index in [2.05, 4.69) is 0 Å². The van der Waals surface area contributed by atoms with Gasteiger partial charge in [0.15, 0.2) is 5.76 Å². The number of hydrogen-bond acceptors (Lipinski definition) is 4. The molecule has 0 aromatic carbocycles. The van der Waals surface area contributed by atoms with Gasteiger partial charge in [-0.1, -0.05) is 13.8 Å². The number of ether oxygens (including phenoxy) is 1. The van der Waals surface area contributed by atoms with Crippen LogP contribution in [0.5, 0.6) is 0 Å². The summed E-state index contributed by atoms with van der Waals surface area (Å²) in [5.74, 6) is 0.520. The first kappa shape index (κ1) is 14.4. The Kier molecular flexibility index (Phi) is 4.65. The zero-order chi connectivity index (χ0) is 14.5. The second-order valence-corrected chi connectivity index (χ2v) is 5.23. The number of piperazine rings is 1. The van der Waals surface area contributed by atoms with Crippen LogP contribution in [0.3, 0.4) is 0 Å². The third kappa shape index (κ3) is 3.53. The summed E-state index contributed by atoms with van der Waals surface area (Å²) in [6, 6.07) is 3.33. The van der Waals surface area contributed by atoms with Crippen molar-refractivity contribution in [3.63, 3.8) is 0 Å². The molecule has 0 aliphatic carbocycles. The molecule has 1 saturated heterocycles. The standard InChI is InChI=1S/C14H20N2O4/c1-11(2)10-20-14(18)16-7-5-15(6-8-16)13(17)12-4-3-9-19-12/h3-4,9,11H,5-8,10H2,1-2H3. The molecule has 0 bridgehead atoms. The lowest BCUT2D eigenvalue weighted by molar-refractivity contribution is 0.0514. The minimum absolute atomic E-state index is 0.134. The molecule has 1 aromatic rings. The number of rotatable bonds is 3. The molecule has 0 atom stereocenters. The van der Waals surface area contributed by atoms with E-state index < -0.39 is 0 Å². The highest BCUT2D eigenvalue weighted by atomic mass is 16.6. The molecule has 1 aliphatic rings. The fourth-order valence-electron chi connectivity index (χ4n) is 1.98. The van der Waals surface area contributed by atoms with Gasteiger partial charge in [-0.05, 0) is 18.1 Å². The molecule has 110 valence electrons. The molecule has 1 aromatic heterocycles. The monoisotopic (exact) mass is 280 g/mol. The normalized spacial score (nSPS) is 15.6. The molecule has 0 spiro atoms. The average Bonchev–Trinajstić information content (AvgIpc) is 2.98. The molecule has 0 unspecified atom stereocenters. The van der Waals surface area contributed by atoms with Crippen molar-refractivity contribution in [1.82, 2.24) is 9.80 Å². The molecule has 20 heavy (non-hydrogen) atoms. The second kappa shape index (κ2) is 6.45. The Hall–Kier alpha value is -1.98. The second-order valence-electron chi connectivity index (χ2n) is 5.23. The molecule has 0 saturated carbocycles. The van der Waals surface area contributed by atoms with Gasteiger partial charge in [-0.25, -0.2) is 4.79 Å². The maximum absolute atomic E-state index is 12.0. The van der Waals surface area contributed by atoms with E-state index in [4.69, 9.17) is 9.15 Å². The fourth-order valence-corrected chi connectivity index (χ4v) is 1.98. The Morgan fingerprint density at radius 3 is 2.45 bits per heavy atom. The first-order valence-corrected chi connectivity index (χ1v) is 6.82. The van der Waals surface area contributed by atoms with Crippen molar-refractivity contribution >= 4 is 12.0 Å². The largest absolute Gasteiger partial charge is 0.459 e. The molecule has 1 fully saturated rings. The van der Waals surface area contributed by atoms with E-state index in [0.29, 0.717) is 44.5 Å². The van der Waals surface area contributed by atoms with E-state index >= 15 is 0 Å². The van der Waals surface area contributed by atoms with Gasteiger partial charge in [-0.3, -0.25) is 4.79 Å². The minimum atomic E-state index is -0.302. The summed E-state index contributed by atoms with van der Waals surface area (Å²) in [6.45, 7) is 6.38. The van der Waals surface area contributed by atoms with Crippen LogP contribution in [-0.4, -0.2) is 54.6 Å². The Balaban J connectivity index is 1.80. The smallest absolute Gasteiger partial charge is 0.409 e. The van der Waals surface area contributed by atoms with E-state index in [1.807, 2.05) is 13.8 Å². The molecular weight excluding hydrogens is 260 g/mol. The fraction of sp³-hybridized carbons (Fsp3) is 0.571. The van der Waals surface area contributed by atoms with Crippen LogP contribution in [-0.2, 0) is 4.74 Å². The Bertz CT molecular complexity index is 448. The van der Waals surface area contributed by atoms with Gasteiger partial charge in [0, 0.05) is 26.2 Å². The zero-order valence-corrected chi connectivity index (χ0v) is 11.9. The van der Waals surface area contributed by atoms with Crippen molar-refractivity contribution in [2.24, 2.45) is 5.92 Å². The molecular formula is C14H20N2O4. The summed E-state index contributed by atoms with van der Waals surface area (Å²) in [4.78, 5) is 27.2. The number of furan rings is 1. The Labute approximate surface area is 118 Å². The Morgan fingerprint density at radius 2 is 1.90 bits per heavy atom. The third-order valence-electron chi connectivity index (χ3n) is 3.10. The van der Waals surface area contributed by atoms with Crippen molar-refractivity contribution in [1.29, 1.82) is 0 Å². The number of nitrogens with zero attached hydrogens (tertiary/aromatic N) is 2. The van der Waals surface area contributed by atoms with Crippen LogP contribution in [0.1, 0.15) is 24.4 Å². The topological polar surface area (TPSA) is 63.0 Å². The van der Waals surface area contributed by atoms with E-state index in [0.717, 1.165) is 0 Å². The molecule has 6 nitrogen and oxygen atoms in total. The van der Waals surface area contributed by atoms with Crippen LogP contribution >= 0.6 is 0 Å². The van der Waals surface area contributed by atoms with Gasteiger partial charge in [0.25, 0.3) is 5.91 Å². The summed E-state index contributed by atoms with van der Waals surface area (Å²) < 4.78 is 10.3. The number of carbonyl (C=O) groups is 2. The SMILES string of the molecule is CC(C)COC(=O)N1CCN(C(=O)c2ccco2)CC1. The van der Waals surface area contributed by atoms with Crippen LogP contribution in [0, 0.1) is 5.92 Å². The first-order valence-electron chi connectivity index (χ1n) is 6.82. The molecule has 6 heteroatoms. The van der Waals surface area contributed by atoms with Crippen molar-refractivity contribution in [3.8, 4) is 0 Å². The zero-order valence-electron chi connectivity index (χ0n) is 11.9. The Morgan fingerprint density at radius 1 is 1.25 bits per heavy atom.